The van der Waals surface area contributed by atoms with Crippen LogP contribution in [0.1, 0.15) is 18.9 Å². The fourth-order valence-electron chi connectivity index (χ4n) is 3.77. The highest BCUT2D eigenvalue weighted by Crippen LogP contribution is 2.32. The zero-order chi connectivity index (χ0) is 17.4. The Labute approximate surface area is 147 Å². The predicted molar refractivity (Wildman–Crippen MR) is 97.8 cm³/mol. The van der Waals surface area contributed by atoms with Gasteiger partial charge in [-0.1, -0.05) is 36.4 Å². The van der Waals surface area contributed by atoms with Gasteiger partial charge in [0.2, 0.25) is 5.91 Å². The number of amides is 3. The first-order valence-electron chi connectivity index (χ1n) is 8.69. The maximum Gasteiger partial charge on any atom is 0.322 e. The predicted octanol–water partition coefficient (Wildman–Crippen LogP) is 2.95. The molecule has 0 aromatic heterocycles. The van der Waals surface area contributed by atoms with Crippen molar-refractivity contribution in [1.29, 1.82) is 0 Å². The monoisotopic (exact) mass is 335 g/mol. The Morgan fingerprint density at radius 3 is 2.60 bits per heavy atom. The standard InChI is InChI=1S/C20H21N3O2/c1-14-13-15-7-5-6-10-18(15)23(14)20(25)21-17-11-12-22(19(17)24)16-8-3-2-4-9-16/h2-10,14,17H,11-13H2,1H3,(H,21,25). The summed E-state index contributed by atoms with van der Waals surface area (Å²) in [7, 11) is 0. The number of rotatable bonds is 2. The largest absolute Gasteiger partial charge is 0.326 e. The van der Waals surface area contributed by atoms with E-state index in [1.807, 2.05) is 55.5 Å². The Hall–Kier alpha value is -2.82. The maximum absolute atomic E-state index is 12.8. The Morgan fingerprint density at radius 2 is 1.80 bits per heavy atom. The average Bonchev–Trinajstić information content (AvgIpc) is 3.15. The van der Waals surface area contributed by atoms with Crippen molar-refractivity contribution in [3.05, 3.63) is 60.2 Å². The van der Waals surface area contributed by atoms with Gasteiger partial charge in [-0.15, -0.1) is 0 Å². The molecule has 2 atom stereocenters. The van der Waals surface area contributed by atoms with Crippen LogP contribution in [0.4, 0.5) is 16.2 Å². The second kappa shape index (κ2) is 6.24. The molecule has 2 unspecified atom stereocenters. The van der Waals surface area contributed by atoms with Crippen LogP contribution in [-0.2, 0) is 11.2 Å². The molecule has 0 saturated carbocycles. The minimum atomic E-state index is -0.465. The van der Waals surface area contributed by atoms with E-state index in [4.69, 9.17) is 0 Å². The van der Waals surface area contributed by atoms with E-state index >= 15 is 0 Å². The van der Waals surface area contributed by atoms with Gasteiger partial charge in [0.1, 0.15) is 6.04 Å². The van der Waals surface area contributed by atoms with Gasteiger partial charge in [-0.05, 0) is 43.5 Å². The first kappa shape index (κ1) is 15.7. The minimum Gasteiger partial charge on any atom is -0.326 e. The van der Waals surface area contributed by atoms with Crippen molar-refractivity contribution in [2.45, 2.75) is 31.8 Å². The highest BCUT2D eigenvalue weighted by molar-refractivity contribution is 6.03. The summed E-state index contributed by atoms with van der Waals surface area (Å²) in [5.41, 5.74) is 3.00. The molecule has 0 aliphatic carbocycles. The molecule has 5 nitrogen and oxygen atoms in total. The number of nitrogens with zero attached hydrogens (tertiary/aromatic N) is 2. The minimum absolute atomic E-state index is 0.0420. The molecule has 2 aliphatic heterocycles. The molecular formula is C20H21N3O2. The quantitative estimate of drug-likeness (QED) is 0.917. The van der Waals surface area contributed by atoms with Gasteiger partial charge in [0.05, 0.1) is 0 Å². The smallest absolute Gasteiger partial charge is 0.322 e. The molecule has 1 fully saturated rings. The molecule has 0 bridgehead atoms. The lowest BCUT2D eigenvalue weighted by Crippen LogP contribution is -2.49. The van der Waals surface area contributed by atoms with Crippen molar-refractivity contribution >= 4 is 23.3 Å². The number of urea groups is 1. The third kappa shape index (κ3) is 2.76. The Morgan fingerprint density at radius 1 is 1.08 bits per heavy atom. The van der Waals surface area contributed by atoms with Crippen molar-refractivity contribution in [2.24, 2.45) is 0 Å². The maximum atomic E-state index is 12.8. The number of para-hydroxylation sites is 2. The summed E-state index contributed by atoms with van der Waals surface area (Å²) in [6, 6.07) is 17.0. The van der Waals surface area contributed by atoms with Crippen molar-refractivity contribution in [2.75, 3.05) is 16.3 Å². The number of hydrogen-bond acceptors (Lipinski definition) is 2. The fraction of sp³-hybridized carbons (Fsp3) is 0.300. The van der Waals surface area contributed by atoms with Gasteiger partial charge < -0.3 is 10.2 Å². The lowest BCUT2D eigenvalue weighted by Gasteiger charge is -2.25. The molecule has 25 heavy (non-hydrogen) atoms. The molecule has 5 heteroatoms. The first-order valence-corrected chi connectivity index (χ1v) is 8.69. The molecule has 0 spiro atoms. The van der Waals surface area contributed by atoms with E-state index in [9.17, 15) is 9.59 Å². The van der Waals surface area contributed by atoms with Crippen LogP contribution in [0.15, 0.2) is 54.6 Å². The molecule has 128 valence electrons. The Kier molecular flexibility index (Phi) is 3.92. The number of hydrogen-bond donors (Lipinski definition) is 1. The SMILES string of the molecule is CC1Cc2ccccc2N1C(=O)NC1CCN(c2ccccc2)C1=O. The van der Waals surface area contributed by atoms with Gasteiger partial charge in [0, 0.05) is 24.0 Å². The van der Waals surface area contributed by atoms with Crippen LogP contribution in [-0.4, -0.2) is 30.6 Å². The number of anilines is 2. The summed E-state index contributed by atoms with van der Waals surface area (Å²) in [5.74, 6) is -0.0420. The lowest BCUT2D eigenvalue weighted by atomic mass is 10.1. The van der Waals surface area contributed by atoms with Gasteiger partial charge in [-0.3, -0.25) is 9.69 Å². The molecule has 2 aromatic rings. The molecule has 1 N–H and O–H groups in total. The lowest BCUT2D eigenvalue weighted by molar-refractivity contribution is -0.118. The van der Waals surface area contributed by atoms with Crippen LogP contribution < -0.4 is 15.1 Å². The normalized spacial score (nSPS) is 22.2. The molecular weight excluding hydrogens is 314 g/mol. The summed E-state index contributed by atoms with van der Waals surface area (Å²) in [5, 5.41) is 2.94. The summed E-state index contributed by atoms with van der Waals surface area (Å²) in [6.07, 6.45) is 1.47. The van der Waals surface area contributed by atoms with Gasteiger partial charge >= 0.3 is 6.03 Å². The molecule has 0 radical (unpaired) electrons. The van der Waals surface area contributed by atoms with E-state index in [-0.39, 0.29) is 18.0 Å². The zero-order valence-electron chi connectivity index (χ0n) is 14.2. The zero-order valence-corrected chi connectivity index (χ0v) is 14.2. The van der Waals surface area contributed by atoms with Gasteiger partial charge in [-0.25, -0.2) is 4.79 Å². The van der Waals surface area contributed by atoms with Crippen molar-refractivity contribution < 1.29 is 9.59 Å². The van der Waals surface area contributed by atoms with E-state index in [0.717, 1.165) is 17.8 Å². The first-order chi connectivity index (χ1) is 12.1. The second-order valence-electron chi connectivity index (χ2n) is 6.67. The molecule has 3 amide bonds. The van der Waals surface area contributed by atoms with Crippen molar-refractivity contribution in [1.82, 2.24) is 5.32 Å². The summed E-state index contributed by atoms with van der Waals surface area (Å²) in [4.78, 5) is 29.0. The van der Waals surface area contributed by atoms with E-state index in [1.165, 1.54) is 5.56 Å². The van der Waals surface area contributed by atoms with E-state index in [1.54, 1.807) is 9.80 Å². The van der Waals surface area contributed by atoms with E-state index < -0.39 is 6.04 Å². The highest BCUT2D eigenvalue weighted by Gasteiger charge is 2.37. The van der Waals surface area contributed by atoms with Crippen LogP contribution in [0.5, 0.6) is 0 Å². The number of benzene rings is 2. The number of carbonyl (C=O) groups is 2. The fourth-order valence-corrected chi connectivity index (χ4v) is 3.77. The molecule has 2 heterocycles. The molecule has 4 rings (SSSR count). The average molecular weight is 335 g/mol. The summed E-state index contributed by atoms with van der Waals surface area (Å²) in [6.45, 7) is 2.66. The van der Waals surface area contributed by atoms with Crippen LogP contribution in [0.25, 0.3) is 0 Å². The van der Waals surface area contributed by atoms with Crippen molar-refractivity contribution in [3.8, 4) is 0 Å². The molecule has 2 aliphatic rings. The van der Waals surface area contributed by atoms with Crippen LogP contribution in [0.3, 0.4) is 0 Å². The van der Waals surface area contributed by atoms with Crippen LogP contribution in [0.2, 0.25) is 0 Å². The van der Waals surface area contributed by atoms with Crippen LogP contribution in [0, 0.1) is 0 Å². The third-order valence-electron chi connectivity index (χ3n) is 5.00. The van der Waals surface area contributed by atoms with Crippen LogP contribution >= 0.6 is 0 Å². The van der Waals surface area contributed by atoms with Gasteiger partial charge in [0.15, 0.2) is 0 Å². The number of nitrogens with one attached hydrogen (secondary N) is 1. The second-order valence-corrected chi connectivity index (χ2v) is 6.67. The highest BCUT2D eigenvalue weighted by atomic mass is 16.2. The number of fused-ring (bicyclic) bond motifs is 1. The Balaban J connectivity index is 1.48. The van der Waals surface area contributed by atoms with E-state index in [0.29, 0.717) is 13.0 Å². The Bertz CT molecular complexity index is 806. The van der Waals surface area contributed by atoms with Gasteiger partial charge in [0.25, 0.3) is 0 Å². The third-order valence-corrected chi connectivity index (χ3v) is 5.00. The molecule has 1 saturated heterocycles. The van der Waals surface area contributed by atoms with Crippen molar-refractivity contribution in [3.63, 3.8) is 0 Å². The number of carbonyl (C=O) groups excluding carboxylic acids is 2. The molecule has 2 aromatic carbocycles. The van der Waals surface area contributed by atoms with E-state index in [2.05, 4.69) is 11.4 Å². The topological polar surface area (TPSA) is 52.7 Å². The van der Waals surface area contributed by atoms with Gasteiger partial charge in [-0.2, -0.15) is 0 Å². The summed E-state index contributed by atoms with van der Waals surface area (Å²) >= 11 is 0. The summed E-state index contributed by atoms with van der Waals surface area (Å²) < 4.78 is 0.